The summed E-state index contributed by atoms with van der Waals surface area (Å²) in [5.41, 5.74) is 4.19. The van der Waals surface area contributed by atoms with Crippen LogP contribution in [0.2, 0.25) is 0 Å². The van der Waals surface area contributed by atoms with E-state index in [0.29, 0.717) is 11.4 Å². The van der Waals surface area contributed by atoms with E-state index < -0.39 is 0 Å². The Balaban J connectivity index is 1.55. The maximum atomic E-state index is 12.5. The summed E-state index contributed by atoms with van der Waals surface area (Å²) < 4.78 is 1.89. The Bertz CT molecular complexity index is 1130. The molecule has 0 bridgehead atoms. The Morgan fingerprint density at radius 2 is 1.86 bits per heavy atom. The molecule has 0 saturated carbocycles. The van der Waals surface area contributed by atoms with Crippen molar-refractivity contribution in [1.82, 2.24) is 19.4 Å². The fourth-order valence-electron chi connectivity index (χ4n) is 2.92. The lowest BCUT2D eigenvalue weighted by Crippen LogP contribution is -2.16. The molecular weight excluding hydrogens is 350 g/mol. The Kier molecular flexibility index (Phi) is 4.39. The van der Waals surface area contributed by atoms with Crippen LogP contribution in [0.15, 0.2) is 67.4 Å². The third-order valence-corrected chi connectivity index (χ3v) is 4.48. The van der Waals surface area contributed by atoms with Gasteiger partial charge < -0.3 is 9.72 Å². The van der Waals surface area contributed by atoms with Gasteiger partial charge in [-0.15, -0.1) is 0 Å². The van der Waals surface area contributed by atoms with Crippen LogP contribution in [-0.4, -0.2) is 25.3 Å². The van der Waals surface area contributed by atoms with Crippen molar-refractivity contribution in [3.63, 3.8) is 0 Å². The molecule has 6 nitrogen and oxygen atoms in total. The molecule has 0 aliphatic carbocycles. The largest absolute Gasteiger partial charge is 0.305 e. The minimum Gasteiger partial charge on any atom is -0.305 e. The number of nitrogens with one attached hydrogen (secondary N) is 1. The molecule has 0 saturated heterocycles. The zero-order valence-electron chi connectivity index (χ0n) is 16.0. The summed E-state index contributed by atoms with van der Waals surface area (Å²) in [6.07, 6.45) is 8.93. The second kappa shape index (κ2) is 6.88. The number of pyridine rings is 3. The van der Waals surface area contributed by atoms with E-state index in [0.717, 1.165) is 22.5 Å². The van der Waals surface area contributed by atoms with E-state index in [1.807, 2.05) is 47.1 Å². The van der Waals surface area contributed by atoms with Gasteiger partial charge in [0.15, 0.2) is 5.82 Å². The summed E-state index contributed by atoms with van der Waals surface area (Å²) in [4.78, 5) is 25.6. The number of carbonyl (C=O) groups excluding carboxylic acids is 1. The smallest absolute Gasteiger partial charge is 0.258 e. The van der Waals surface area contributed by atoms with Gasteiger partial charge in [-0.3, -0.25) is 14.8 Å². The average molecular weight is 371 g/mol. The minimum atomic E-state index is -0.233. The van der Waals surface area contributed by atoms with Gasteiger partial charge in [0.2, 0.25) is 0 Å². The molecule has 4 aromatic heterocycles. The van der Waals surface area contributed by atoms with Gasteiger partial charge in [-0.05, 0) is 35.9 Å². The first kappa shape index (κ1) is 17.9. The predicted octanol–water partition coefficient (Wildman–Crippen LogP) is 4.34. The van der Waals surface area contributed by atoms with E-state index in [-0.39, 0.29) is 11.3 Å². The molecule has 0 fully saturated rings. The second-order valence-electron chi connectivity index (χ2n) is 7.69. The lowest BCUT2D eigenvalue weighted by Gasteiger charge is -2.17. The molecule has 140 valence electrons. The first-order chi connectivity index (χ1) is 13.4. The van der Waals surface area contributed by atoms with E-state index in [1.54, 1.807) is 24.7 Å². The number of imidazole rings is 1. The number of anilines is 1. The molecule has 0 aliphatic heterocycles. The molecule has 0 unspecified atom stereocenters. The molecule has 0 aliphatic rings. The van der Waals surface area contributed by atoms with Crippen molar-refractivity contribution >= 4 is 17.4 Å². The van der Waals surface area contributed by atoms with Crippen LogP contribution in [0.4, 0.5) is 5.82 Å². The molecule has 1 N–H and O–H groups in total. The maximum Gasteiger partial charge on any atom is 0.258 e. The number of nitrogens with zero attached hydrogens (tertiary/aromatic N) is 4. The number of amides is 1. The van der Waals surface area contributed by atoms with Crippen LogP contribution in [0.5, 0.6) is 0 Å². The van der Waals surface area contributed by atoms with Gasteiger partial charge in [-0.25, -0.2) is 4.98 Å². The topological polar surface area (TPSA) is 72.2 Å². The molecular formula is C22H21N5O. The third kappa shape index (κ3) is 3.62. The van der Waals surface area contributed by atoms with Gasteiger partial charge in [0.05, 0.1) is 11.8 Å². The average Bonchev–Trinajstić information content (AvgIpc) is 3.09. The van der Waals surface area contributed by atoms with Crippen LogP contribution in [0.1, 0.15) is 36.8 Å². The SMILES string of the molecule is CC(C)(C)c1ccc(C(=O)Nc2cn3cc(-c4cccnc4)ccc3n2)cn1. The summed E-state index contributed by atoms with van der Waals surface area (Å²) >= 11 is 0. The van der Waals surface area contributed by atoms with Crippen molar-refractivity contribution in [2.75, 3.05) is 5.32 Å². The van der Waals surface area contributed by atoms with Crippen LogP contribution >= 0.6 is 0 Å². The van der Waals surface area contributed by atoms with Crippen molar-refractivity contribution < 1.29 is 4.79 Å². The third-order valence-electron chi connectivity index (χ3n) is 4.48. The summed E-state index contributed by atoms with van der Waals surface area (Å²) in [6.45, 7) is 6.27. The number of fused-ring (bicyclic) bond motifs is 1. The molecule has 0 aromatic carbocycles. The van der Waals surface area contributed by atoms with Gasteiger partial charge in [0.25, 0.3) is 5.91 Å². The Morgan fingerprint density at radius 1 is 1.00 bits per heavy atom. The number of hydrogen-bond donors (Lipinski definition) is 1. The monoisotopic (exact) mass is 371 g/mol. The molecule has 4 aromatic rings. The number of carbonyl (C=O) groups is 1. The molecule has 1 amide bonds. The van der Waals surface area contributed by atoms with Crippen molar-refractivity contribution in [3.05, 3.63) is 78.6 Å². The molecule has 0 spiro atoms. The van der Waals surface area contributed by atoms with E-state index in [9.17, 15) is 4.79 Å². The predicted molar refractivity (Wildman–Crippen MR) is 109 cm³/mol. The highest BCUT2D eigenvalue weighted by Crippen LogP contribution is 2.21. The zero-order valence-corrected chi connectivity index (χ0v) is 16.0. The second-order valence-corrected chi connectivity index (χ2v) is 7.69. The van der Waals surface area contributed by atoms with Gasteiger partial charge in [0.1, 0.15) is 5.65 Å². The maximum absolute atomic E-state index is 12.5. The summed E-state index contributed by atoms with van der Waals surface area (Å²) in [5.74, 6) is 0.261. The molecule has 0 atom stereocenters. The molecule has 6 heteroatoms. The summed E-state index contributed by atoms with van der Waals surface area (Å²) in [7, 11) is 0. The van der Waals surface area contributed by atoms with E-state index >= 15 is 0 Å². The Hall–Kier alpha value is -3.54. The highest BCUT2D eigenvalue weighted by atomic mass is 16.1. The summed E-state index contributed by atoms with van der Waals surface area (Å²) in [6, 6.07) is 11.5. The molecule has 28 heavy (non-hydrogen) atoms. The van der Waals surface area contributed by atoms with Crippen molar-refractivity contribution in [2.24, 2.45) is 0 Å². The zero-order chi connectivity index (χ0) is 19.7. The van der Waals surface area contributed by atoms with Crippen molar-refractivity contribution in [2.45, 2.75) is 26.2 Å². The Morgan fingerprint density at radius 3 is 2.54 bits per heavy atom. The fraction of sp³-hybridized carbons (Fsp3) is 0.182. The standard InChI is InChI=1S/C22H21N5O/c1-22(2,3)18-8-6-16(12-24-18)21(28)26-19-14-27-13-17(7-9-20(27)25-19)15-5-4-10-23-11-15/h4-14H,1-3H3,(H,26,28). The van der Waals surface area contributed by atoms with Gasteiger partial charge in [-0.2, -0.15) is 0 Å². The first-order valence-electron chi connectivity index (χ1n) is 9.07. The molecule has 0 radical (unpaired) electrons. The van der Waals surface area contributed by atoms with Crippen LogP contribution < -0.4 is 5.32 Å². The summed E-state index contributed by atoms with van der Waals surface area (Å²) in [5, 5.41) is 2.84. The van der Waals surface area contributed by atoms with Crippen LogP contribution in [0.25, 0.3) is 16.8 Å². The fourth-order valence-corrected chi connectivity index (χ4v) is 2.92. The van der Waals surface area contributed by atoms with Crippen LogP contribution in [-0.2, 0) is 5.41 Å². The van der Waals surface area contributed by atoms with Gasteiger partial charge >= 0.3 is 0 Å². The molecule has 4 rings (SSSR count). The van der Waals surface area contributed by atoms with Gasteiger partial charge in [-0.1, -0.05) is 26.8 Å². The quantitative estimate of drug-likeness (QED) is 0.581. The van der Waals surface area contributed by atoms with E-state index in [1.165, 1.54) is 0 Å². The first-order valence-corrected chi connectivity index (χ1v) is 9.07. The van der Waals surface area contributed by atoms with E-state index in [4.69, 9.17) is 0 Å². The number of rotatable bonds is 3. The number of aromatic nitrogens is 4. The Labute approximate surface area is 163 Å². The van der Waals surface area contributed by atoms with Crippen LogP contribution in [0, 0.1) is 0 Å². The number of hydrogen-bond acceptors (Lipinski definition) is 4. The lowest BCUT2D eigenvalue weighted by atomic mass is 9.91. The highest BCUT2D eigenvalue weighted by Gasteiger charge is 2.16. The highest BCUT2D eigenvalue weighted by molar-refractivity contribution is 6.03. The van der Waals surface area contributed by atoms with E-state index in [2.05, 4.69) is 41.0 Å². The van der Waals surface area contributed by atoms with Crippen LogP contribution in [0.3, 0.4) is 0 Å². The minimum absolute atomic E-state index is 0.0530. The lowest BCUT2D eigenvalue weighted by molar-refractivity contribution is 0.102. The van der Waals surface area contributed by atoms with Crippen molar-refractivity contribution in [3.8, 4) is 11.1 Å². The normalized spacial score (nSPS) is 11.5. The molecule has 4 heterocycles. The van der Waals surface area contributed by atoms with Crippen molar-refractivity contribution in [1.29, 1.82) is 0 Å². The van der Waals surface area contributed by atoms with Gasteiger partial charge in [0, 0.05) is 41.5 Å².